The van der Waals surface area contributed by atoms with E-state index in [1.807, 2.05) is 30.3 Å². The maximum absolute atomic E-state index is 12.2. The van der Waals surface area contributed by atoms with E-state index in [1.54, 1.807) is 18.2 Å². The normalized spacial score (nSPS) is 13.3. The minimum absolute atomic E-state index is 0.132. The smallest absolute Gasteiger partial charge is 0.231 e. The Morgan fingerprint density at radius 2 is 1.84 bits per heavy atom. The molecule has 6 heteroatoms. The zero-order chi connectivity index (χ0) is 17.6. The molecule has 0 aromatic heterocycles. The van der Waals surface area contributed by atoms with E-state index in [0.29, 0.717) is 23.5 Å². The van der Waals surface area contributed by atoms with Crippen molar-refractivity contribution >= 4 is 11.9 Å². The van der Waals surface area contributed by atoms with E-state index in [9.17, 15) is 14.7 Å². The Balaban J connectivity index is 1.66. The van der Waals surface area contributed by atoms with Crippen LogP contribution in [0, 0.1) is 0 Å². The number of rotatable bonds is 7. The number of fused-ring (bicyclic) bond motifs is 1. The lowest BCUT2D eigenvalue weighted by Crippen LogP contribution is -2.34. The number of aryl methyl sites for hydroxylation is 1. The highest BCUT2D eigenvalue weighted by Crippen LogP contribution is 2.34. The third-order valence-corrected chi connectivity index (χ3v) is 3.99. The molecule has 0 spiro atoms. The lowest BCUT2D eigenvalue weighted by molar-refractivity contribution is -0.306. The predicted molar refractivity (Wildman–Crippen MR) is 87.8 cm³/mol. The first-order chi connectivity index (χ1) is 12.1. The summed E-state index contributed by atoms with van der Waals surface area (Å²) in [5.41, 5.74) is 1.69. The first-order valence-corrected chi connectivity index (χ1v) is 8.04. The van der Waals surface area contributed by atoms with Gasteiger partial charge in [0.15, 0.2) is 11.5 Å². The molecule has 0 saturated carbocycles. The van der Waals surface area contributed by atoms with E-state index in [-0.39, 0.29) is 25.5 Å². The van der Waals surface area contributed by atoms with E-state index < -0.39 is 12.0 Å². The van der Waals surface area contributed by atoms with Crippen molar-refractivity contribution in [1.29, 1.82) is 0 Å². The van der Waals surface area contributed by atoms with Crippen molar-refractivity contribution in [3.63, 3.8) is 0 Å². The molecule has 1 amide bonds. The molecule has 6 nitrogen and oxygen atoms in total. The Bertz CT molecular complexity index is 760. The standard InChI is InChI=1S/C19H19NO5/c21-18(9-6-13-4-2-1-3-5-13)20-15(11-19(22)23)14-7-8-16-17(10-14)25-12-24-16/h1-5,7-8,10,15H,6,9,11-12H2,(H,20,21)(H,22,23)/p-1/t15-/m1/s1. The Morgan fingerprint density at radius 1 is 1.08 bits per heavy atom. The highest BCUT2D eigenvalue weighted by atomic mass is 16.7. The Kier molecular flexibility index (Phi) is 5.18. The molecule has 130 valence electrons. The second kappa shape index (κ2) is 7.70. The topological polar surface area (TPSA) is 87.7 Å². The molecule has 0 fully saturated rings. The average Bonchev–Trinajstić information content (AvgIpc) is 3.07. The van der Waals surface area contributed by atoms with Gasteiger partial charge in [-0.2, -0.15) is 0 Å². The van der Waals surface area contributed by atoms with Crippen LogP contribution in [0.25, 0.3) is 0 Å². The minimum Gasteiger partial charge on any atom is -0.550 e. The highest BCUT2D eigenvalue weighted by Gasteiger charge is 2.19. The summed E-state index contributed by atoms with van der Waals surface area (Å²) in [7, 11) is 0. The van der Waals surface area contributed by atoms with Crippen molar-refractivity contribution in [3.05, 3.63) is 59.7 Å². The van der Waals surface area contributed by atoms with Crippen LogP contribution in [0.15, 0.2) is 48.5 Å². The van der Waals surface area contributed by atoms with Gasteiger partial charge in [-0.1, -0.05) is 36.4 Å². The van der Waals surface area contributed by atoms with Gasteiger partial charge in [-0.25, -0.2) is 0 Å². The molecule has 0 unspecified atom stereocenters. The number of aliphatic carboxylic acids is 1. The maximum atomic E-state index is 12.2. The van der Waals surface area contributed by atoms with E-state index >= 15 is 0 Å². The Hall–Kier alpha value is -3.02. The number of benzene rings is 2. The second-order valence-corrected chi connectivity index (χ2v) is 5.79. The number of carboxylic acid groups (broad SMARTS) is 1. The number of carboxylic acids is 1. The molecule has 0 bridgehead atoms. The molecule has 0 radical (unpaired) electrons. The number of hydrogen-bond donors (Lipinski definition) is 1. The Labute approximate surface area is 145 Å². The molecule has 1 aliphatic heterocycles. The second-order valence-electron chi connectivity index (χ2n) is 5.79. The van der Waals surface area contributed by atoms with Crippen LogP contribution in [0.3, 0.4) is 0 Å². The van der Waals surface area contributed by atoms with Crippen molar-refractivity contribution < 1.29 is 24.2 Å². The number of ether oxygens (including phenoxy) is 2. The van der Waals surface area contributed by atoms with Crippen molar-refractivity contribution in [1.82, 2.24) is 5.32 Å². The third-order valence-electron chi connectivity index (χ3n) is 3.99. The summed E-state index contributed by atoms with van der Waals surface area (Å²) in [5.74, 6) is -0.301. The molecule has 1 N–H and O–H groups in total. The van der Waals surface area contributed by atoms with E-state index in [2.05, 4.69) is 5.32 Å². The summed E-state index contributed by atoms with van der Waals surface area (Å²) >= 11 is 0. The maximum Gasteiger partial charge on any atom is 0.231 e. The quantitative estimate of drug-likeness (QED) is 0.822. The molecule has 1 aliphatic rings. The van der Waals surface area contributed by atoms with Gasteiger partial charge in [0.2, 0.25) is 12.7 Å². The molecule has 1 atom stereocenters. The molecular formula is C19H18NO5-. The number of nitrogens with one attached hydrogen (secondary N) is 1. The fraction of sp³-hybridized carbons (Fsp3) is 0.263. The highest BCUT2D eigenvalue weighted by molar-refractivity contribution is 5.77. The summed E-state index contributed by atoms with van der Waals surface area (Å²) in [6.07, 6.45) is 0.556. The summed E-state index contributed by atoms with van der Waals surface area (Å²) in [6.45, 7) is 0.132. The van der Waals surface area contributed by atoms with E-state index in [0.717, 1.165) is 5.56 Å². The molecule has 3 rings (SSSR count). The van der Waals surface area contributed by atoms with Crippen LogP contribution in [-0.4, -0.2) is 18.7 Å². The SMILES string of the molecule is O=C([O-])C[C@@H](NC(=O)CCc1ccccc1)c1ccc2c(c1)OCO2. The monoisotopic (exact) mass is 340 g/mol. The van der Waals surface area contributed by atoms with Crippen LogP contribution in [0.5, 0.6) is 11.5 Å². The lowest BCUT2D eigenvalue weighted by Gasteiger charge is -2.20. The van der Waals surface area contributed by atoms with Crippen molar-refractivity contribution in [2.75, 3.05) is 6.79 Å². The first kappa shape index (κ1) is 16.8. The van der Waals surface area contributed by atoms with Crippen LogP contribution in [0.4, 0.5) is 0 Å². The number of carbonyl (C=O) groups excluding carboxylic acids is 2. The van der Waals surface area contributed by atoms with Crippen molar-refractivity contribution in [2.24, 2.45) is 0 Å². The molecule has 0 aliphatic carbocycles. The van der Waals surface area contributed by atoms with E-state index in [4.69, 9.17) is 9.47 Å². The molecular weight excluding hydrogens is 322 g/mol. The van der Waals surface area contributed by atoms with Gasteiger partial charge in [-0.3, -0.25) is 4.79 Å². The van der Waals surface area contributed by atoms with Crippen LogP contribution in [-0.2, 0) is 16.0 Å². The van der Waals surface area contributed by atoms with Gasteiger partial charge in [0.25, 0.3) is 0 Å². The lowest BCUT2D eigenvalue weighted by atomic mass is 10.0. The summed E-state index contributed by atoms with van der Waals surface area (Å²) in [6, 6.07) is 14.1. The number of hydrogen-bond acceptors (Lipinski definition) is 5. The summed E-state index contributed by atoms with van der Waals surface area (Å²) in [4.78, 5) is 23.3. The number of amides is 1. The van der Waals surface area contributed by atoms with Crippen molar-refractivity contribution in [3.8, 4) is 11.5 Å². The predicted octanol–water partition coefficient (Wildman–Crippen LogP) is 1.35. The van der Waals surface area contributed by atoms with Gasteiger partial charge >= 0.3 is 0 Å². The molecule has 2 aromatic rings. The first-order valence-electron chi connectivity index (χ1n) is 8.04. The van der Waals surface area contributed by atoms with Crippen LogP contribution in [0.2, 0.25) is 0 Å². The van der Waals surface area contributed by atoms with Gasteiger partial charge in [-0.15, -0.1) is 0 Å². The zero-order valence-electron chi connectivity index (χ0n) is 13.6. The minimum atomic E-state index is -1.23. The van der Waals surface area contributed by atoms with Crippen LogP contribution in [0.1, 0.15) is 30.0 Å². The van der Waals surface area contributed by atoms with Crippen LogP contribution >= 0.6 is 0 Å². The van der Waals surface area contributed by atoms with Crippen molar-refractivity contribution in [2.45, 2.75) is 25.3 Å². The molecule has 25 heavy (non-hydrogen) atoms. The molecule has 1 heterocycles. The molecule has 2 aromatic carbocycles. The fourth-order valence-electron chi connectivity index (χ4n) is 2.72. The summed E-state index contributed by atoms with van der Waals surface area (Å²) < 4.78 is 10.6. The third kappa shape index (κ3) is 4.50. The van der Waals surface area contributed by atoms with E-state index in [1.165, 1.54) is 0 Å². The zero-order valence-corrected chi connectivity index (χ0v) is 13.6. The van der Waals surface area contributed by atoms with Gasteiger partial charge in [0.05, 0.1) is 6.04 Å². The van der Waals surface area contributed by atoms with Gasteiger partial charge in [-0.05, 0) is 29.7 Å². The largest absolute Gasteiger partial charge is 0.550 e. The summed E-state index contributed by atoms with van der Waals surface area (Å²) in [5, 5.41) is 13.8. The number of carbonyl (C=O) groups is 2. The van der Waals surface area contributed by atoms with Crippen LogP contribution < -0.4 is 19.9 Å². The fourth-order valence-corrected chi connectivity index (χ4v) is 2.72. The van der Waals surface area contributed by atoms with Gasteiger partial charge in [0.1, 0.15) is 0 Å². The Morgan fingerprint density at radius 3 is 2.60 bits per heavy atom. The van der Waals surface area contributed by atoms with Gasteiger partial charge < -0.3 is 24.7 Å². The molecule has 0 saturated heterocycles. The average molecular weight is 340 g/mol. The van der Waals surface area contributed by atoms with Gasteiger partial charge in [0, 0.05) is 18.8 Å².